The van der Waals surface area contributed by atoms with Crippen molar-refractivity contribution in [3.05, 3.63) is 35.4 Å². The number of rotatable bonds is 6. The minimum Gasteiger partial charge on any atom is -0.478 e. The molecule has 1 aromatic carbocycles. The molecule has 1 fully saturated rings. The number of carbonyl (C=O) groups is 2. The Morgan fingerprint density at radius 1 is 1.12 bits per heavy atom. The molecule has 5 nitrogen and oxygen atoms in total. The van der Waals surface area contributed by atoms with Crippen LogP contribution in [-0.2, 0) is 11.2 Å². The molecule has 1 N–H and O–H groups in total. The standard InChI is InChI=1S/C21H31NO4/c1-21(2,3)26-20(25)22(15-17-7-5-4-6-8-17)14-13-16-9-11-18(12-10-16)19(23)24/h9-12,17H,4-8,13-15H2,1-3H3,(H,23,24). The van der Waals surface area contributed by atoms with Crippen LogP contribution in [-0.4, -0.2) is 40.8 Å². The predicted octanol–water partition coefficient (Wildman–Crippen LogP) is 4.74. The smallest absolute Gasteiger partial charge is 0.410 e. The molecule has 0 spiro atoms. The van der Waals surface area contributed by atoms with E-state index >= 15 is 0 Å². The van der Waals surface area contributed by atoms with E-state index in [1.54, 1.807) is 12.1 Å². The van der Waals surface area contributed by atoms with Gasteiger partial charge in [-0.3, -0.25) is 0 Å². The maximum atomic E-state index is 12.6. The highest BCUT2D eigenvalue weighted by Crippen LogP contribution is 2.25. The van der Waals surface area contributed by atoms with Crippen LogP contribution in [0.5, 0.6) is 0 Å². The lowest BCUT2D eigenvalue weighted by Gasteiger charge is -2.31. The summed E-state index contributed by atoms with van der Waals surface area (Å²) in [6.45, 7) is 6.97. The van der Waals surface area contributed by atoms with E-state index in [1.165, 1.54) is 32.1 Å². The molecule has 0 aliphatic heterocycles. The second kappa shape index (κ2) is 9.06. The van der Waals surface area contributed by atoms with E-state index in [-0.39, 0.29) is 11.7 Å². The highest BCUT2D eigenvalue weighted by Gasteiger charge is 2.25. The van der Waals surface area contributed by atoms with Crippen LogP contribution in [0.1, 0.15) is 68.8 Å². The van der Waals surface area contributed by atoms with Gasteiger partial charge in [-0.05, 0) is 63.6 Å². The minimum atomic E-state index is -0.927. The maximum Gasteiger partial charge on any atom is 0.410 e. The van der Waals surface area contributed by atoms with Crippen molar-refractivity contribution in [3.8, 4) is 0 Å². The zero-order chi connectivity index (χ0) is 19.2. The fourth-order valence-corrected chi connectivity index (χ4v) is 3.34. The van der Waals surface area contributed by atoms with Crippen molar-refractivity contribution < 1.29 is 19.4 Å². The normalized spacial score (nSPS) is 15.5. The molecule has 1 aliphatic rings. The van der Waals surface area contributed by atoms with Gasteiger partial charge in [0, 0.05) is 13.1 Å². The molecule has 0 bridgehead atoms. The Balaban J connectivity index is 1.99. The molecule has 1 saturated carbocycles. The topological polar surface area (TPSA) is 66.8 Å². The fraction of sp³-hybridized carbons (Fsp3) is 0.619. The van der Waals surface area contributed by atoms with Gasteiger partial charge in [-0.1, -0.05) is 31.4 Å². The SMILES string of the molecule is CC(C)(C)OC(=O)N(CCc1ccc(C(=O)O)cc1)CC1CCCCC1. The van der Waals surface area contributed by atoms with Crippen molar-refractivity contribution in [1.82, 2.24) is 4.90 Å². The summed E-state index contributed by atoms with van der Waals surface area (Å²) in [5.41, 5.74) is 0.789. The van der Waals surface area contributed by atoms with E-state index in [2.05, 4.69) is 0 Å². The molecule has 0 heterocycles. The van der Waals surface area contributed by atoms with Crippen molar-refractivity contribution in [2.24, 2.45) is 5.92 Å². The van der Waals surface area contributed by atoms with E-state index in [0.717, 1.165) is 12.1 Å². The number of hydrogen-bond donors (Lipinski definition) is 1. The third-order valence-corrected chi connectivity index (χ3v) is 4.73. The number of amides is 1. The van der Waals surface area contributed by atoms with Gasteiger partial charge < -0.3 is 14.7 Å². The van der Waals surface area contributed by atoms with Gasteiger partial charge in [0.05, 0.1) is 5.56 Å². The second-order valence-corrected chi connectivity index (χ2v) is 8.18. The molecule has 1 aromatic rings. The first-order valence-corrected chi connectivity index (χ1v) is 9.55. The lowest BCUT2D eigenvalue weighted by molar-refractivity contribution is 0.0210. The number of carboxylic acid groups (broad SMARTS) is 1. The fourth-order valence-electron chi connectivity index (χ4n) is 3.34. The van der Waals surface area contributed by atoms with E-state index < -0.39 is 11.6 Å². The third-order valence-electron chi connectivity index (χ3n) is 4.73. The lowest BCUT2D eigenvalue weighted by atomic mass is 9.89. The van der Waals surface area contributed by atoms with Crippen LogP contribution >= 0.6 is 0 Å². The van der Waals surface area contributed by atoms with Crippen molar-refractivity contribution >= 4 is 12.1 Å². The third kappa shape index (κ3) is 6.70. The number of carboxylic acids is 1. The molecule has 1 amide bonds. The molecule has 0 radical (unpaired) electrons. The Morgan fingerprint density at radius 2 is 1.73 bits per heavy atom. The van der Waals surface area contributed by atoms with Crippen LogP contribution in [0.15, 0.2) is 24.3 Å². The molecule has 0 saturated heterocycles. The van der Waals surface area contributed by atoms with Gasteiger partial charge in [0.1, 0.15) is 5.60 Å². The molecule has 2 rings (SSSR count). The largest absolute Gasteiger partial charge is 0.478 e. The molecular formula is C21H31NO4. The van der Waals surface area contributed by atoms with Crippen molar-refractivity contribution in [2.45, 2.75) is 64.9 Å². The predicted molar refractivity (Wildman–Crippen MR) is 101 cm³/mol. The van der Waals surface area contributed by atoms with E-state index in [1.807, 2.05) is 37.8 Å². The molecule has 0 unspecified atom stereocenters. The van der Waals surface area contributed by atoms with E-state index in [0.29, 0.717) is 18.9 Å². The molecule has 144 valence electrons. The summed E-state index contributed by atoms with van der Waals surface area (Å²) in [6.07, 6.45) is 6.54. The Labute approximate surface area is 156 Å². The molecule has 1 aliphatic carbocycles. The second-order valence-electron chi connectivity index (χ2n) is 8.18. The average molecular weight is 361 g/mol. The zero-order valence-electron chi connectivity index (χ0n) is 16.2. The molecule has 0 atom stereocenters. The minimum absolute atomic E-state index is 0.259. The van der Waals surface area contributed by atoms with Gasteiger partial charge in [0.15, 0.2) is 0 Å². The number of aromatic carboxylic acids is 1. The summed E-state index contributed by atoms with van der Waals surface area (Å²) in [6, 6.07) is 6.85. The van der Waals surface area contributed by atoms with Crippen LogP contribution in [0, 0.1) is 5.92 Å². The number of carbonyl (C=O) groups excluding carboxylic acids is 1. The van der Waals surface area contributed by atoms with Gasteiger partial charge in [-0.15, -0.1) is 0 Å². The molecule has 0 aromatic heterocycles. The summed E-state index contributed by atoms with van der Waals surface area (Å²) in [5, 5.41) is 8.99. The molecule has 5 heteroatoms. The van der Waals surface area contributed by atoms with E-state index in [4.69, 9.17) is 9.84 Å². The van der Waals surface area contributed by atoms with Gasteiger partial charge in [-0.2, -0.15) is 0 Å². The highest BCUT2D eigenvalue weighted by atomic mass is 16.6. The summed E-state index contributed by atoms with van der Waals surface area (Å²) in [7, 11) is 0. The van der Waals surface area contributed by atoms with Crippen LogP contribution in [0.3, 0.4) is 0 Å². The van der Waals surface area contributed by atoms with Gasteiger partial charge in [0.25, 0.3) is 0 Å². The average Bonchev–Trinajstić information content (AvgIpc) is 2.58. The number of nitrogens with zero attached hydrogens (tertiary/aromatic N) is 1. The summed E-state index contributed by atoms with van der Waals surface area (Å²) < 4.78 is 5.59. The zero-order valence-corrected chi connectivity index (χ0v) is 16.2. The van der Waals surface area contributed by atoms with E-state index in [9.17, 15) is 9.59 Å². The monoisotopic (exact) mass is 361 g/mol. The van der Waals surface area contributed by atoms with Crippen LogP contribution < -0.4 is 0 Å². The van der Waals surface area contributed by atoms with Gasteiger partial charge >= 0.3 is 12.1 Å². The van der Waals surface area contributed by atoms with Gasteiger partial charge in [-0.25, -0.2) is 9.59 Å². The first kappa shape index (κ1) is 20.3. The van der Waals surface area contributed by atoms with Gasteiger partial charge in [0.2, 0.25) is 0 Å². The summed E-state index contributed by atoms with van der Waals surface area (Å²) in [4.78, 5) is 25.4. The highest BCUT2D eigenvalue weighted by molar-refractivity contribution is 5.87. The van der Waals surface area contributed by atoms with Crippen LogP contribution in [0.2, 0.25) is 0 Å². The number of ether oxygens (including phenoxy) is 1. The molecule has 26 heavy (non-hydrogen) atoms. The Kier molecular flexibility index (Phi) is 7.06. The first-order chi connectivity index (χ1) is 12.2. The van der Waals surface area contributed by atoms with Crippen molar-refractivity contribution in [3.63, 3.8) is 0 Å². The Morgan fingerprint density at radius 3 is 2.27 bits per heavy atom. The lowest BCUT2D eigenvalue weighted by Crippen LogP contribution is -2.41. The quantitative estimate of drug-likeness (QED) is 0.794. The summed E-state index contributed by atoms with van der Waals surface area (Å²) in [5.74, 6) is -0.380. The molecular weight excluding hydrogens is 330 g/mol. The van der Waals surface area contributed by atoms with Crippen molar-refractivity contribution in [2.75, 3.05) is 13.1 Å². The van der Waals surface area contributed by atoms with Crippen molar-refractivity contribution in [1.29, 1.82) is 0 Å². The maximum absolute atomic E-state index is 12.6. The summed E-state index contributed by atoms with van der Waals surface area (Å²) >= 11 is 0. The van der Waals surface area contributed by atoms with Crippen LogP contribution in [0.4, 0.5) is 4.79 Å². The Bertz CT molecular complexity index is 597. The first-order valence-electron chi connectivity index (χ1n) is 9.55. The number of benzene rings is 1. The number of hydrogen-bond acceptors (Lipinski definition) is 3. The Hall–Kier alpha value is -2.04. The van der Waals surface area contributed by atoms with Crippen LogP contribution in [0.25, 0.3) is 0 Å².